The molecule has 0 unspecified atom stereocenters. The minimum absolute atomic E-state index is 1.08. The molecule has 0 saturated heterocycles. The SMILES string of the molecule is CCCCCc1ccc2nc(CCCCC)[nH]c2c1. The van der Waals surface area contributed by atoms with Gasteiger partial charge in [0.15, 0.2) is 0 Å². The number of imidazole rings is 1. The monoisotopic (exact) mass is 258 g/mol. The molecule has 0 fully saturated rings. The van der Waals surface area contributed by atoms with Gasteiger partial charge in [0.25, 0.3) is 0 Å². The van der Waals surface area contributed by atoms with E-state index in [0.717, 1.165) is 17.8 Å². The van der Waals surface area contributed by atoms with Crippen molar-refractivity contribution in [3.8, 4) is 0 Å². The van der Waals surface area contributed by atoms with E-state index >= 15 is 0 Å². The third-order valence-electron chi connectivity index (χ3n) is 3.68. The highest BCUT2D eigenvalue weighted by atomic mass is 14.9. The van der Waals surface area contributed by atoms with Crippen molar-refractivity contribution in [3.63, 3.8) is 0 Å². The largest absolute Gasteiger partial charge is 0.342 e. The molecule has 0 radical (unpaired) electrons. The van der Waals surface area contributed by atoms with Gasteiger partial charge in [0.2, 0.25) is 0 Å². The van der Waals surface area contributed by atoms with Crippen LogP contribution in [0.5, 0.6) is 0 Å². The molecule has 0 spiro atoms. The lowest BCUT2D eigenvalue weighted by molar-refractivity contribution is 0.700. The van der Waals surface area contributed by atoms with Crippen molar-refractivity contribution in [1.29, 1.82) is 0 Å². The van der Waals surface area contributed by atoms with Crippen LogP contribution < -0.4 is 0 Å². The smallest absolute Gasteiger partial charge is 0.107 e. The van der Waals surface area contributed by atoms with Crippen LogP contribution >= 0.6 is 0 Å². The number of benzene rings is 1. The van der Waals surface area contributed by atoms with E-state index in [0.29, 0.717) is 0 Å². The zero-order valence-electron chi connectivity index (χ0n) is 12.3. The van der Waals surface area contributed by atoms with Crippen LogP contribution in [-0.4, -0.2) is 9.97 Å². The second kappa shape index (κ2) is 7.32. The minimum atomic E-state index is 1.08. The van der Waals surface area contributed by atoms with E-state index in [2.05, 4.69) is 42.0 Å². The molecule has 2 rings (SSSR count). The lowest BCUT2D eigenvalue weighted by Crippen LogP contribution is -1.87. The van der Waals surface area contributed by atoms with Gasteiger partial charge < -0.3 is 4.98 Å². The lowest BCUT2D eigenvalue weighted by atomic mass is 10.1. The van der Waals surface area contributed by atoms with Crippen molar-refractivity contribution in [3.05, 3.63) is 29.6 Å². The van der Waals surface area contributed by atoms with Gasteiger partial charge in [-0.25, -0.2) is 4.98 Å². The summed E-state index contributed by atoms with van der Waals surface area (Å²) < 4.78 is 0. The third-order valence-corrected chi connectivity index (χ3v) is 3.68. The number of aromatic amines is 1. The Hall–Kier alpha value is -1.31. The highest BCUT2D eigenvalue weighted by Gasteiger charge is 2.03. The summed E-state index contributed by atoms with van der Waals surface area (Å²) >= 11 is 0. The van der Waals surface area contributed by atoms with Crippen molar-refractivity contribution >= 4 is 11.0 Å². The summed E-state index contributed by atoms with van der Waals surface area (Å²) in [7, 11) is 0. The van der Waals surface area contributed by atoms with Crippen LogP contribution in [0.15, 0.2) is 18.2 Å². The number of nitrogens with zero attached hydrogens (tertiary/aromatic N) is 1. The summed E-state index contributed by atoms with van der Waals surface area (Å²) in [6.45, 7) is 4.49. The first-order chi connectivity index (χ1) is 9.33. The molecule has 1 aromatic heterocycles. The van der Waals surface area contributed by atoms with Gasteiger partial charge in [-0.3, -0.25) is 0 Å². The fraction of sp³-hybridized carbons (Fsp3) is 0.588. The van der Waals surface area contributed by atoms with Gasteiger partial charge >= 0.3 is 0 Å². The van der Waals surface area contributed by atoms with Crippen LogP contribution in [0.25, 0.3) is 11.0 Å². The zero-order valence-corrected chi connectivity index (χ0v) is 12.3. The van der Waals surface area contributed by atoms with Gasteiger partial charge in [-0.1, -0.05) is 45.6 Å². The molecule has 1 N–H and O–H groups in total. The molecule has 0 aliphatic heterocycles. The van der Waals surface area contributed by atoms with Crippen molar-refractivity contribution < 1.29 is 0 Å². The molecular formula is C17H26N2. The van der Waals surface area contributed by atoms with Gasteiger partial charge in [0, 0.05) is 6.42 Å². The first-order valence-electron chi connectivity index (χ1n) is 7.81. The second-order valence-electron chi connectivity index (χ2n) is 5.45. The number of H-pyrrole nitrogens is 1. The summed E-state index contributed by atoms with van der Waals surface area (Å²) in [5.74, 6) is 1.15. The molecule has 0 aliphatic carbocycles. The van der Waals surface area contributed by atoms with E-state index in [9.17, 15) is 0 Å². The van der Waals surface area contributed by atoms with E-state index in [-0.39, 0.29) is 0 Å². The minimum Gasteiger partial charge on any atom is -0.342 e. The van der Waals surface area contributed by atoms with Crippen LogP contribution in [0.2, 0.25) is 0 Å². The predicted octanol–water partition coefficient (Wildman–Crippen LogP) is 5.03. The number of nitrogens with one attached hydrogen (secondary N) is 1. The maximum Gasteiger partial charge on any atom is 0.107 e. The fourth-order valence-electron chi connectivity index (χ4n) is 2.51. The molecule has 2 nitrogen and oxygen atoms in total. The Bertz CT molecular complexity index is 491. The van der Waals surface area contributed by atoms with E-state index in [1.54, 1.807) is 0 Å². The molecule has 0 aliphatic rings. The molecule has 0 bridgehead atoms. The molecule has 19 heavy (non-hydrogen) atoms. The molecule has 2 heteroatoms. The first kappa shape index (κ1) is 14.1. The van der Waals surface area contributed by atoms with Crippen molar-refractivity contribution in [1.82, 2.24) is 9.97 Å². The zero-order chi connectivity index (χ0) is 13.5. The Morgan fingerprint density at radius 2 is 1.68 bits per heavy atom. The molecule has 104 valence electrons. The number of hydrogen-bond acceptors (Lipinski definition) is 1. The summed E-state index contributed by atoms with van der Waals surface area (Å²) in [5, 5.41) is 0. The lowest BCUT2D eigenvalue weighted by Gasteiger charge is -2.00. The predicted molar refractivity (Wildman–Crippen MR) is 82.6 cm³/mol. The van der Waals surface area contributed by atoms with Crippen LogP contribution in [0.4, 0.5) is 0 Å². The quantitative estimate of drug-likeness (QED) is 0.661. The van der Waals surface area contributed by atoms with Crippen molar-refractivity contribution in [2.45, 2.75) is 65.2 Å². The highest BCUT2D eigenvalue weighted by Crippen LogP contribution is 2.17. The van der Waals surface area contributed by atoms with Crippen LogP contribution in [0.1, 0.15) is 63.8 Å². The fourth-order valence-corrected chi connectivity index (χ4v) is 2.51. The number of rotatable bonds is 8. The molecule has 2 aromatic rings. The number of aryl methyl sites for hydroxylation is 2. The van der Waals surface area contributed by atoms with E-state index in [4.69, 9.17) is 0 Å². The summed E-state index contributed by atoms with van der Waals surface area (Å²) in [6, 6.07) is 6.67. The molecule has 1 aromatic carbocycles. The van der Waals surface area contributed by atoms with Gasteiger partial charge in [0.05, 0.1) is 11.0 Å². The Kier molecular flexibility index (Phi) is 5.44. The Morgan fingerprint density at radius 3 is 2.42 bits per heavy atom. The van der Waals surface area contributed by atoms with Gasteiger partial charge in [-0.05, 0) is 37.0 Å². The number of unbranched alkanes of at least 4 members (excludes halogenated alkanes) is 4. The maximum atomic E-state index is 4.67. The number of hydrogen-bond donors (Lipinski definition) is 1. The molecule has 0 saturated carbocycles. The first-order valence-corrected chi connectivity index (χ1v) is 7.81. The average Bonchev–Trinajstić information content (AvgIpc) is 2.81. The maximum absolute atomic E-state index is 4.67. The van der Waals surface area contributed by atoms with Crippen molar-refractivity contribution in [2.24, 2.45) is 0 Å². The van der Waals surface area contributed by atoms with Gasteiger partial charge in [0.1, 0.15) is 5.82 Å². The normalized spacial score (nSPS) is 11.3. The number of aromatic nitrogens is 2. The molecule has 0 amide bonds. The summed E-state index contributed by atoms with van der Waals surface area (Å²) in [4.78, 5) is 8.14. The van der Waals surface area contributed by atoms with Crippen LogP contribution in [0.3, 0.4) is 0 Å². The van der Waals surface area contributed by atoms with Gasteiger partial charge in [-0.15, -0.1) is 0 Å². The summed E-state index contributed by atoms with van der Waals surface area (Å²) in [5.41, 5.74) is 3.76. The Labute approximate surface area is 116 Å². The Balaban J connectivity index is 2.01. The van der Waals surface area contributed by atoms with E-state index in [1.165, 1.54) is 56.0 Å². The van der Waals surface area contributed by atoms with Gasteiger partial charge in [-0.2, -0.15) is 0 Å². The topological polar surface area (TPSA) is 28.7 Å². The van der Waals surface area contributed by atoms with Crippen LogP contribution in [0, 0.1) is 0 Å². The Morgan fingerprint density at radius 1 is 0.947 bits per heavy atom. The molecule has 1 heterocycles. The second-order valence-corrected chi connectivity index (χ2v) is 5.45. The third kappa shape index (κ3) is 4.09. The standard InChI is InChI=1S/C17H26N2/c1-3-5-7-9-14-11-12-15-16(13-14)19-17(18-15)10-8-6-4-2/h11-13H,3-10H2,1-2H3,(H,18,19). The molecular weight excluding hydrogens is 232 g/mol. The highest BCUT2D eigenvalue weighted by molar-refractivity contribution is 5.75. The number of fused-ring (bicyclic) bond motifs is 1. The van der Waals surface area contributed by atoms with Crippen LogP contribution in [-0.2, 0) is 12.8 Å². The molecule has 0 atom stereocenters. The average molecular weight is 258 g/mol. The van der Waals surface area contributed by atoms with E-state index < -0.39 is 0 Å². The van der Waals surface area contributed by atoms with E-state index in [1.807, 2.05) is 0 Å². The summed E-state index contributed by atoms with van der Waals surface area (Å²) in [6.07, 6.45) is 9.96. The van der Waals surface area contributed by atoms with Crippen molar-refractivity contribution in [2.75, 3.05) is 0 Å².